The van der Waals surface area contributed by atoms with Crippen molar-refractivity contribution in [2.45, 2.75) is 19.4 Å². The van der Waals surface area contributed by atoms with Gasteiger partial charge in [0, 0.05) is 32.5 Å². The van der Waals surface area contributed by atoms with Crippen molar-refractivity contribution in [2.75, 3.05) is 26.8 Å². The van der Waals surface area contributed by atoms with Crippen molar-refractivity contribution in [3.63, 3.8) is 0 Å². The number of hydrogen-bond acceptors (Lipinski definition) is 4. The van der Waals surface area contributed by atoms with Crippen molar-refractivity contribution in [3.8, 4) is 0 Å². The maximum absolute atomic E-state index is 11.5. The maximum Gasteiger partial charge on any atom is 0.233 e. The largest absolute Gasteiger partial charge is 0.385 e. The van der Waals surface area contributed by atoms with E-state index in [0.29, 0.717) is 19.7 Å². The zero-order valence-corrected chi connectivity index (χ0v) is 11.0. The highest BCUT2D eigenvalue weighted by molar-refractivity contribution is 5.77. The SMILES string of the molecule is COCCCNC(=O)CN[C@H](C)c1ccccn1. The van der Waals surface area contributed by atoms with Crippen molar-refractivity contribution < 1.29 is 9.53 Å². The van der Waals surface area contributed by atoms with E-state index in [9.17, 15) is 4.79 Å². The lowest BCUT2D eigenvalue weighted by Crippen LogP contribution is -2.35. The zero-order chi connectivity index (χ0) is 13.2. The Morgan fingerprint density at radius 2 is 2.33 bits per heavy atom. The van der Waals surface area contributed by atoms with Crippen LogP contribution in [0.1, 0.15) is 25.1 Å². The molecule has 0 unspecified atom stereocenters. The Hall–Kier alpha value is -1.46. The summed E-state index contributed by atoms with van der Waals surface area (Å²) in [6, 6.07) is 5.81. The number of carbonyl (C=O) groups is 1. The molecule has 0 aliphatic rings. The molecule has 0 spiro atoms. The summed E-state index contributed by atoms with van der Waals surface area (Å²) in [6.45, 7) is 3.59. The van der Waals surface area contributed by atoms with Crippen LogP contribution in [0.3, 0.4) is 0 Å². The topological polar surface area (TPSA) is 63.2 Å². The first-order valence-corrected chi connectivity index (χ1v) is 6.14. The van der Waals surface area contributed by atoms with Crippen LogP contribution >= 0.6 is 0 Å². The second-order valence-electron chi connectivity index (χ2n) is 4.05. The van der Waals surface area contributed by atoms with Crippen molar-refractivity contribution in [3.05, 3.63) is 30.1 Å². The Bertz CT molecular complexity index is 343. The lowest BCUT2D eigenvalue weighted by atomic mass is 10.2. The third kappa shape index (κ3) is 5.75. The summed E-state index contributed by atoms with van der Waals surface area (Å²) in [5.74, 6) is -0.00566. The van der Waals surface area contributed by atoms with Crippen molar-refractivity contribution in [1.29, 1.82) is 0 Å². The van der Waals surface area contributed by atoms with Gasteiger partial charge in [-0.25, -0.2) is 0 Å². The molecular weight excluding hydrogens is 230 g/mol. The number of amides is 1. The van der Waals surface area contributed by atoms with Gasteiger partial charge in [0.05, 0.1) is 12.2 Å². The minimum atomic E-state index is -0.00566. The van der Waals surface area contributed by atoms with Crippen molar-refractivity contribution in [1.82, 2.24) is 15.6 Å². The highest BCUT2D eigenvalue weighted by Gasteiger charge is 2.07. The molecule has 0 aliphatic carbocycles. The molecule has 1 rings (SSSR count). The first-order valence-electron chi connectivity index (χ1n) is 6.14. The van der Waals surface area contributed by atoms with Crippen LogP contribution in [0, 0.1) is 0 Å². The summed E-state index contributed by atoms with van der Waals surface area (Å²) in [5.41, 5.74) is 0.935. The van der Waals surface area contributed by atoms with Crippen LogP contribution in [0.5, 0.6) is 0 Å². The first kappa shape index (κ1) is 14.6. The fraction of sp³-hybridized carbons (Fsp3) is 0.538. The molecular formula is C13H21N3O2. The number of rotatable bonds is 8. The van der Waals surface area contributed by atoms with Gasteiger partial charge in [-0.05, 0) is 25.5 Å². The number of nitrogens with zero attached hydrogens (tertiary/aromatic N) is 1. The standard InChI is InChI=1S/C13H21N3O2/c1-11(12-6-3-4-7-14-12)16-10-13(17)15-8-5-9-18-2/h3-4,6-7,11,16H,5,8-10H2,1-2H3,(H,15,17)/t11-/m1/s1. The molecule has 2 N–H and O–H groups in total. The molecule has 1 aromatic rings. The quantitative estimate of drug-likeness (QED) is 0.673. The van der Waals surface area contributed by atoms with Gasteiger partial charge >= 0.3 is 0 Å². The van der Waals surface area contributed by atoms with E-state index in [0.717, 1.165) is 12.1 Å². The van der Waals surface area contributed by atoms with Crippen molar-refractivity contribution >= 4 is 5.91 Å². The minimum Gasteiger partial charge on any atom is -0.385 e. The Labute approximate surface area is 108 Å². The molecule has 18 heavy (non-hydrogen) atoms. The first-order chi connectivity index (χ1) is 8.74. The summed E-state index contributed by atoms with van der Waals surface area (Å²) < 4.78 is 4.90. The third-order valence-corrected chi connectivity index (χ3v) is 2.55. The molecule has 1 aromatic heterocycles. The fourth-order valence-electron chi connectivity index (χ4n) is 1.49. The van der Waals surface area contributed by atoms with E-state index in [1.165, 1.54) is 0 Å². The highest BCUT2D eigenvalue weighted by Crippen LogP contribution is 2.06. The van der Waals surface area contributed by atoms with Gasteiger partial charge in [0.1, 0.15) is 0 Å². The predicted molar refractivity (Wildman–Crippen MR) is 70.2 cm³/mol. The molecule has 0 aliphatic heterocycles. The molecule has 0 fully saturated rings. The van der Waals surface area contributed by atoms with Gasteiger partial charge < -0.3 is 15.4 Å². The third-order valence-electron chi connectivity index (χ3n) is 2.55. The van der Waals surface area contributed by atoms with Crippen LogP contribution in [0.25, 0.3) is 0 Å². The van der Waals surface area contributed by atoms with Gasteiger partial charge in [-0.2, -0.15) is 0 Å². The Balaban J connectivity index is 2.18. The van der Waals surface area contributed by atoms with Gasteiger partial charge in [0.25, 0.3) is 0 Å². The van der Waals surface area contributed by atoms with E-state index in [1.807, 2.05) is 25.1 Å². The number of carbonyl (C=O) groups excluding carboxylic acids is 1. The number of pyridine rings is 1. The molecule has 0 bridgehead atoms. The Morgan fingerprint density at radius 3 is 3.00 bits per heavy atom. The average molecular weight is 251 g/mol. The molecule has 5 heteroatoms. The average Bonchev–Trinajstić information content (AvgIpc) is 2.42. The fourth-order valence-corrected chi connectivity index (χ4v) is 1.49. The van der Waals surface area contributed by atoms with Crippen LogP contribution < -0.4 is 10.6 Å². The summed E-state index contributed by atoms with van der Waals surface area (Å²) in [7, 11) is 1.65. The zero-order valence-electron chi connectivity index (χ0n) is 11.0. The van der Waals surface area contributed by atoms with Gasteiger partial charge in [-0.1, -0.05) is 6.07 Å². The molecule has 100 valence electrons. The number of methoxy groups -OCH3 is 1. The molecule has 1 heterocycles. The maximum atomic E-state index is 11.5. The summed E-state index contributed by atoms with van der Waals surface area (Å²) in [6.07, 6.45) is 2.58. The van der Waals surface area contributed by atoms with Crippen LogP contribution in [0.2, 0.25) is 0 Å². The Morgan fingerprint density at radius 1 is 1.50 bits per heavy atom. The number of hydrogen-bond donors (Lipinski definition) is 2. The van der Waals surface area contributed by atoms with Crippen LogP contribution in [0.4, 0.5) is 0 Å². The monoisotopic (exact) mass is 251 g/mol. The van der Waals surface area contributed by atoms with Crippen LogP contribution in [-0.2, 0) is 9.53 Å². The lowest BCUT2D eigenvalue weighted by Gasteiger charge is -2.13. The summed E-state index contributed by atoms with van der Waals surface area (Å²) in [5, 5.41) is 5.96. The second kappa shape index (κ2) is 8.60. The van der Waals surface area contributed by atoms with Gasteiger partial charge in [-0.3, -0.25) is 9.78 Å². The van der Waals surface area contributed by atoms with Crippen molar-refractivity contribution in [2.24, 2.45) is 0 Å². The summed E-state index contributed by atoms with van der Waals surface area (Å²) in [4.78, 5) is 15.7. The molecule has 0 saturated heterocycles. The van der Waals surface area contributed by atoms with E-state index < -0.39 is 0 Å². The Kier molecular flexibility index (Phi) is 6.98. The van der Waals surface area contributed by atoms with Gasteiger partial charge in [0.15, 0.2) is 0 Å². The molecule has 0 aromatic carbocycles. The molecule has 5 nitrogen and oxygen atoms in total. The van der Waals surface area contributed by atoms with Gasteiger partial charge in [-0.15, -0.1) is 0 Å². The van der Waals surface area contributed by atoms with E-state index in [1.54, 1.807) is 13.3 Å². The number of nitrogens with one attached hydrogen (secondary N) is 2. The van der Waals surface area contributed by atoms with Crippen LogP contribution in [0.15, 0.2) is 24.4 Å². The minimum absolute atomic E-state index is 0.00566. The molecule has 0 saturated carbocycles. The number of aromatic nitrogens is 1. The van der Waals surface area contributed by atoms with Gasteiger partial charge in [0.2, 0.25) is 5.91 Å². The van der Waals surface area contributed by atoms with E-state index >= 15 is 0 Å². The number of ether oxygens (including phenoxy) is 1. The molecule has 1 amide bonds. The second-order valence-corrected chi connectivity index (χ2v) is 4.05. The molecule has 1 atom stereocenters. The summed E-state index contributed by atoms with van der Waals surface area (Å²) >= 11 is 0. The lowest BCUT2D eigenvalue weighted by molar-refractivity contribution is -0.120. The normalized spacial score (nSPS) is 12.1. The highest BCUT2D eigenvalue weighted by atomic mass is 16.5. The molecule has 0 radical (unpaired) electrons. The van der Waals surface area contributed by atoms with E-state index in [4.69, 9.17) is 4.74 Å². The van der Waals surface area contributed by atoms with E-state index in [2.05, 4.69) is 15.6 Å². The smallest absolute Gasteiger partial charge is 0.233 e. The van der Waals surface area contributed by atoms with Crippen LogP contribution in [-0.4, -0.2) is 37.7 Å². The predicted octanol–water partition coefficient (Wildman–Crippen LogP) is 0.885. The van der Waals surface area contributed by atoms with E-state index in [-0.39, 0.29) is 11.9 Å².